The lowest BCUT2D eigenvalue weighted by Gasteiger charge is -2.10. The number of nitrogens with zero attached hydrogens (tertiary/aromatic N) is 5. The number of carbonyl (C=O) groups excluding carboxylic acids is 1. The number of hydrogen-bond acceptors (Lipinski definition) is 7. The molecule has 0 N–H and O–H groups in total. The van der Waals surface area contributed by atoms with Gasteiger partial charge in [0.2, 0.25) is 5.69 Å². The van der Waals surface area contributed by atoms with E-state index in [0.717, 1.165) is 19.2 Å². The van der Waals surface area contributed by atoms with Crippen molar-refractivity contribution in [3.63, 3.8) is 0 Å². The first-order valence-corrected chi connectivity index (χ1v) is 7.65. The highest BCUT2D eigenvalue weighted by atomic mass is 19.4. The van der Waals surface area contributed by atoms with Gasteiger partial charge >= 0.3 is 17.8 Å². The van der Waals surface area contributed by atoms with Crippen LogP contribution in [-0.2, 0) is 10.9 Å². The summed E-state index contributed by atoms with van der Waals surface area (Å²) in [5, 5.41) is 14.7. The third kappa shape index (κ3) is 4.02. The zero-order valence-electron chi connectivity index (χ0n) is 14.3. The monoisotopic (exact) mass is 411 g/mol. The molecule has 0 saturated carbocycles. The number of rotatable bonds is 4. The fourth-order valence-corrected chi connectivity index (χ4v) is 2.29. The number of halogens is 4. The molecule has 0 saturated heterocycles. The van der Waals surface area contributed by atoms with Crippen LogP contribution in [0.1, 0.15) is 16.2 Å². The van der Waals surface area contributed by atoms with E-state index < -0.39 is 45.9 Å². The van der Waals surface area contributed by atoms with Crippen LogP contribution in [0.5, 0.6) is 0 Å². The van der Waals surface area contributed by atoms with Gasteiger partial charge in [0, 0.05) is 5.56 Å². The molecule has 0 spiro atoms. The molecule has 2 aromatic heterocycles. The summed E-state index contributed by atoms with van der Waals surface area (Å²) in [6.45, 7) is 0. The number of alkyl halides is 3. The summed E-state index contributed by atoms with van der Waals surface area (Å²) in [7, 11) is 0.957. The van der Waals surface area contributed by atoms with Crippen LogP contribution in [0.3, 0.4) is 0 Å². The molecule has 0 aliphatic carbocycles. The lowest BCUT2D eigenvalue weighted by atomic mass is 10.1. The molecule has 2 heterocycles. The van der Waals surface area contributed by atoms with Gasteiger partial charge in [0.25, 0.3) is 5.95 Å². The molecular formula is C16H9F4N5O4. The van der Waals surface area contributed by atoms with E-state index in [1.54, 1.807) is 0 Å². The molecule has 0 radical (unpaired) electrons. The highest BCUT2D eigenvalue weighted by Gasteiger charge is 2.35. The maximum atomic E-state index is 13.3. The van der Waals surface area contributed by atoms with Crippen molar-refractivity contribution >= 4 is 11.7 Å². The number of carbonyl (C=O) groups is 1. The van der Waals surface area contributed by atoms with Gasteiger partial charge in [0.15, 0.2) is 5.69 Å². The Morgan fingerprint density at radius 2 is 1.86 bits per heavy atom. The van der Waals surface area contributed by atoms with Gasteiger partial charge in [-0.05, 0) is 30.3 Å². The number of methoxy groups -OCH3 is 1. The van der Waals surface area contributed by atoms with Gasteiger partial charge in [-0.1, -0.05) is 0 Å². The van der Waals surface area contributed by atoms with E-state index in [1.807, 2.05) is 0 Å². The van der Waals surface area contributed by atoms with Crippen LogP contribution in [0, 0.1) is 15.9 Å². The molecule has 0 bridgehead atoms. The van der Waals surface area contributed by atoms with E-state index in [1.165, 1.54) is 12.1 Å². The Labute approximate surface area is 158 Å². The lowest BCUT2D eigenvalue weighted by molar-refractivity contribution is -0.385. The van der Waals surface area contributed by atoms with Gasteiger partial charge in [-0.3, -0.25) is 10.1 Å². The minimum atomic E-state index is -4.88. The first-order valence-electron chi connectivity index (χ1n) is 7.65. The molecule has 3 rings (SSSR count). The maximum absolute atomic E-state index is 13.3. The van der Waals surface area contributed by atoms with Gasteiger partial charge in [0.05, 0.1) is 17.7 Å². The smallest absolute Gasteiger partial charge is 0.433 e. The van der Waals surface area contributed by atoms with Crippen molar-refractivity contribution in [1.29, 1.82) is 0 Å². The molecule has 0 aliphatic heterocycles. The molecule has 1 aromatic carbocycles. The Bertz CT molecular complexity index is 1100. The van der Waals surface area contributed by atoms with Crippen molar-refractivity contribution in [2.75, 3.05) is 7.11 Å². The van der Waals surface area contributed by atoms with E-state index in [9.17, 15) is 32.5 Å². The highest BCUT2D eigenvalue weighted by Crippen LogP contribution is 2.31. The molecule has 9 nitrogen and oxygen atoms in total. The predicted molar refractivity (Wildman–Crippen MR) is 87.5 cm³/mol. The quantitative estimate of drug-likeness (QED) is 0.280. The number of aromatic nitrogens is 4. The van der Waals surface area contributed by atoms with Crippen LogP contribution in [0.15, 0.2) is 36.5 Å². The largest absolute Gasteiger partial charge is 0.464 e. The molecule has 0 fully saturated rings. The third-order valence-electron chi connectivity index (χ3n) is 3.62. The van der Waals surface area contributed by atoms with E-state index in [2.05, 4.69) is 19.8 Å². The first kappa shape index (κ1) is 19.9. The summed E-state index contributed by atoms with van der Waals surface area (Å²) in [4.78, 5) is 29.1. The Kier molecular flexibility index (Phi) is 4.97. The van der Waals surface area contributed by atoms with Crippen molar-refractivity contribution in [3.8, 4) is 17.2 Å². The van der Waals surface area contributed by atoms with Crippen molar-refractivity contribution in [2.45, 2.75) is 6.18 Å². The number of esters is 1. The number of benzene rings is 1. The second kappa shape index (κ2) is 7.26. The van der Waals surface area contributed by atoms with Gasteiger partial charge in [0.1, 0.15) is 12.0 Å². The van der Waals surface area contributed by atoms with Crippen molar-refractivity contribution in [1.82, 2.24) is 19.7 Å². The molecule has 29 heavy (non-hydrogen) atoms. The summed E-state index contributed by atoms with van der Waals surface area (Å²) >= 11 is 0. The Hall–Kier alpha value is -3.90. The fourth-order valence-electron chi connectivity index (χ4n) is 2.29. The van der Waals surface area contributed by atoms with Gasteiger partial charge in [-0.15, -0.1) is 0 Å². The van der Waals surface area contributed by atoms with Crippen LogP contribution >= 0.6 is 0 Å². The number of hydrogen-bond donors (Lipinski definition) is 0. The summed E-state index contributed by atoms with van der Waals surface area (Å²) in [6.07, 6.45) is -4.19. The van der Waals surface area contributed by atoms with E-state index >= 15 is 0 Å². The standard InChI is InChI=1S/C16H9F4N5O4/c1-29-14(26)13-11(25(27)28)7-24(23-13)15-21-10(6-12(22-15)16(18,19)20)8-2-4-9(17)5-3-8/h2-7H,1H3. The number of nitro groups is 1. The first-order chi connectivity index (χ1) is 13.6. The summed E-state index contributed by atoms with van der Waals surface area (Å²) in [5.74, 6) is -2.46. The third-order valence-corrected chi connectivity index (χ3v) is 3.62. The Morgan fingerprint density at radius 3 is 2.41 bits per heavy atom. The molecule has 150 valence electrons. The second-order valence-corrected chi connectivity index (χ2v) is 5.50. The van der Waals surface area contributed by atoms with Crippen LogP contribution in [0.4, 0.5) is 23.2 Å². The van der Waals surface area contributed by atoms with Crippen molar-refractivity contribution < 1.29 is 32.0 Å². The van der Waals surface area contributed by atoms with E-state index in [4.69, 9.17) is 0 Å². The normalized spacial score (nSPS) is 11.3. The van der Waals surface area contributed by atoms with Crippen LogP contribution in [-0.4, -0.2) is 37.8 Å². The van der Waals surface area contributed by atoms with Crippen LogP contribution in [0.2, 0.25) is 0 Å². The molecule has 0 atom stereocenters. The Morgan fingerprint density at radius 1 is 1.21 bits per heavy atom. The van der Waals surface area contributed by atoms with Gasteiger partial charge < -0.3 is 4.74 Å². The maximum Gasteiger partial charge on any atom is 0.433 e. The SMILES string of the molecule is COC(=O)c1nn(-c2nc(-c3ccc(F)cc3)cc(C(F)(F)F)n2)cc1[N+](=O)[O-]. The number of ether oxygens (including phenoxy) is 1. The highest BCUT2D eigenvalue weighted by molar-refractivity contribution is 5.91. The molecule has 0 amide bonds. The lowest BCUT2D eigenvalue weighted by Crippen LogP contribution is -2.13. The van der Waals surface area contributed by atoms with Crippen LogP contribution in [0.25, 0.3) is 17.2 Å². The predicted octanol–water partition coefficient (Wildman–Crippen LogP) is 3.18. The topological polar surface area (TPSA) is 113 Å². The fraction of sp³-hybridized carbons (Fsp3) is 0.125. The average molecular weight is 411 g/mol. The minimum absolute atomic E-state index is 0.135. The van der Waals surface area contributed by atoms with Crippen molar-refractivity contribution in [2.24, 2.45) is 0 Å². The van der Waals surface area contributed by atoms with Gasteiger partial charge in [-0.2, -0.15) is 23.0 Å². The summed E-state index contributed by atoms with van der Waals surface area (Å²) < 4.78 is 57.9. The van der Waals surface area contributed by atoms with Crippen LogP contribution < -0.4 is 0 Å². The van der Waals surface area contributed by atoms with Gasteiger partial charge in [-0.25, -0.2) is 19.2 Å². The van der Waals surface area contributed by atoms with Crippen molar-refractivity contribution in [3.05, 3.63) is 63.8 Å². The molecule has 3 aromatic rings. The zero-order valence-corrected chi connectivity index (χ0v) is 14.3. The molecule has 0 unspecified atom stereocenters. The van der Waals surface area contributed by atoms with E-state index in [-0.39, 0.29) is 11.3 Å². The second-order valence-electron chi connectivity index (χ2n) is 5.50. The van der Waals surface area contributed by atoms with E-state index in [0.29, 0.717) is 16.9 Å². The summed E-state index contributed by atoms with van der Waals surface area (Å²) in [5.41, 5.74) is -3.00. The Balaban J connectivity index is 2.21. The zero-order chi connectivity index (χ0) is 21.3. The molecule has 13 heteroatoms. The minimum Gasteiger partial charge on any atom is -0.464 e. The summed E-state index contributed by atoms with van der Waals surface area (Å²) in [6, 6.07) is 5.09. The average Bonchev–Trinajstić information content (AvgIpc) is 3.13. The molecule has 0 aliphatic rings. The molecular weight excluding hydrogens is 402 g/mol.